The van der Waals surface area contributed by atoms with Crippen molar-refractivity contribution in [1.29, 1.82) is 0 Å². The largest absolute Gasteiger partial charge is 0.464 e. The van der Waals surface area contributed by atoms with E-state index >= 15 is 0 Å². The lowest BCUT2D eigenvalue weighted by atomic mass is 9.83. The molecule has 1 aromatic rings. The number of esters is 1. The Hall–Kier alpha value is -1.72. The minimum absolute atomic E-state index is 0.0181. The molecular formula is C24H38O5. The summed E-state index contributed by atoms with van der Waals surface area (Å²) in [6.45, 7) is 9.99. The van der Waals surface area contributed by atoms with Gasteiger partial charge in [0, 0.05) is 6.42 Å². The monoisotopic (exact) mass is 406 g/mol. The zero-order valence-corrected chi connectivity index (χ0v) is 18.6. The van der Waals surface area contributed by atoms with E-state index in [9.17, 15) is 14.7 Å². The molecule has 1 N–H and O–H groups in total. The van der Waals surface area contributed by atoms with Gasteiger partial charge in [-0.1, -0.05) is 57.5 Å². The first-order chi connectivity index (χ1) is 13.8. The van der Waals surface area contributed by atoms with E-state index in [4.69, 9.17) is 9.47 Å². The van der Waals surface area contributed by atoms with Crippen LogP contribution in [0, 0.1) is 11.8 Å². The van der Waals surface area contributed by atoms with Crippen LogP contribution in [0.5, 0.6) is 0 Å². The fourth-order valence-electron chi connectivity index (χ4n) is 3.45. The maximum Gasteiger partial charge on any atom is 0.345 e. The minimum Gasteiger partial charge on any atom is -0.464 e. The zero-order valence-electron chi connectivity index (χ0n) is 18.6. The number of carbonyl (C=O) groups excluding carboxylic acids is 2. The lowest BCUT2D eigenvalue weighted by Crippen LogP contribution is -2.45. The van der Waals surface area contributed by atoms with Gasteiger partial charge < -0.3 is 14.6 Å². The molecule has 1 aromatic carbocycles. The SMILES string of the molecule is CCOC(=O)[C@@](C)(O)C(=O)CC[C@H](C[C@@H](C)CC)[C@@H](CC)OCc1ccccc1. The minimum atomic E-state index is -2.09. The van der Waals surface area contributed by atoms with E-state index in [0.717, 1.165) is 24.8 Å². The first kappa shape index (κ1) is 25.3. The van der Waals surface area contributed by atoms with Gasteiger partial charge in [0.2, 0.25) is 5.60 Å². The summed E-state index contributed by atoms with van der Waals surface area (Å²) >= 11 is 0. The molecule has 164 valence electrons. The van der Waals surface area contributed by atoms with Crippen molar-refractivity contribution in [1.82, 2.24) is 0 Å². The highest BCUT2D eigenvalue weighted by molar-refractivity contribution is 6.06. The summed E-state index contributed by atoms with van der Waals surface area (Å²) in [6.07, 6.45) is 3.56. The third-order valence-electron chi connectivity index (χ3n) is 5.60. The summed E-state index contributed by atoms with van der Waals surface area (Å²) in [4.78, 5) is 24.4. The van der Waals surface area contributed by atoms with Crippen LogP contribution in [-0.2, 0) is 25.7 Å². The third kappa shape index (κ3) is 8.27. The summed E-state index contributed by atoms with van der Waals surface area (Å²) < 4.78 is 11.1. The van der Waals surface area contributed by atoms with Gasteiger partial charge in [0.25, 0.3) is 0 Å². The van der Waals surface area contributed by atoms with E-state index in [1.54, 1.807) is 6.92 Å². The van der Waals surface area contributed by atoms with Crippen molar-refractivity contribution in [3.8, 4) is 0 Å². The normalized spacial score (nSPS) is 16.5. The maximum absolute atomic E-state index is 12.5. The van der Waals surface area contributed by atoms with E-state index < -0.39 is 17.4 Å². The van der Waals surface area contributed by atoms with Crippen LogP contribution in [0.3, 0.4) is 0 Å². The highest BCUT2D eigenvalue weighted by Gasteiger charge is 2.40. The molecule has 4 atom stereocenters. The van der Waals surface area contributed by atoms with Crippen LogP contribution in [0.25, 0.3) is 0 Å². The molecule has 29 heavy (non-hydrogen) atoms. The second kappa shape index (κ2) is 12.8. The molecule has 0 bridgehead atoms. The van der Waals surface area contributed by atoms with Crippen molar-refractivity contribution in [2.24, 2.45) is 11.8 Å². The molecule has 0 heterocycles. The van der Waals surface area contributed by atoms with Gasteiger partial charge >= 0.3 is 5.97 Å². The molecule has 0 saturated heterocycles. The second-order valence-corrected chi connectivity index (χ2v) is 8.01. The van der Waals surface area contributed by atoms with Gasteiger partial charge in [-0.05, 0) is 50.5 Å². The molecule has 0 aliphatic heterocycles. The predicted molar refractivity (Wildman–Crippen MR) is 114 cm³/mol. The first-order valence-corrected chi connectivity index (χ1v) is 10.8. The molecule has 0 aliphatic rings. The predicted octanol–water partition coefficient (Wildman–Crippen LogP) is 4.70. The molecule has 0 aliphatic carbocycles. The van der Waals surface area contributed by atoms with Crippen LogP contribution in [0.2, 0.25) is 0 Å². The maximum atomic E-state index is 12.5. The Labute approximate surface area is 175 Å². The molecule has 0 amide bonds. The number of ether oxygens (including phenoxy) is 2. The van der Waals surface area contributed by atoms with E-state index in [1.165, 1.54) is 6.92 Å². The number of rotatable bonds is 14. The Morgan fingerprint density at radius 1 is 1.10 bits per heavy atom. The van der Waals surface area contributed by atoms with Gasteiger partial charge in [-0.2, -0.15) is 0 Å². The van der Waals surface area contributed by atoms with Crippen molar-refractivity contribution in [2.45, 2.75) is 85.0 Å². The van der Waals surface area contributed by atoms with E-state index in [0.29, 0.717) is 18.9 Å². The van der Waals surface area contributed by atoms with E-state index in [2.05, 4.69) is 20.8 Å². The number of hydrogen-bond acceptors (Lipinski definition) is 5. The number of ketones is 1. The van der Waals surface area contributed by atoms with Crippen molar-refractivity contribution < 1.29 is 24.2 Å². The van der Waals surface area contributed by atoms with Gasteiger partial charge in [0.15, 0.2) is 5.78 Å². The zero-order chi connectivity index (χ0) is 21.9. The fraction of sp³-hybridized carbons (Fsp3) is 0.667. The van der Waals surface area contributed by atoms with Crippen LogP contribution in [0.15, 0.2) is 30.3 Å². The molecule has 0 fully saturated rings. The van der Waals surface area contributed by atoms with Gasteiger partial charge in [0.1, 0.15) is 0 Å². The summed E-state index contributed by atoms with van der Waals surface area (Å²) in [5.74, 6) is -0.686. The Morgan fingerprint density at radius 3 is 2.31 bits per heavy atom. The quantitative estimate of drug-likeness (QED) is 0.358. The van der Waals surface area contributed by atoms with E-state index in [1.807, 2.05) is 30.3 Å². The van der Waals surface area contributed by atoms with Gasteiger partial charge in [-0.15, -0.1) is 0 Å². The molecule has 5 nitrogen and oxygen atoms in total. The highest BCUT2D eigenvalue weighted by atomic mass is 16.5. The average molecular weight is 407 g/mol. The Morgan fingerprint density at radius 2 is 1.76 bits per heavy atom. The van der Waals surface area contributed by atoms with Gasteiger partial charge in [-0.3, -0.25) is 4.79 Å². The lowest BCUT2D eigenvalue weighted by Gasteiger charge is -2.29. The number of benzene rings is 1. The summed E-state index contributed by atoms with van der Waals surface area (Å²) in [7, 11) is 0. The van der Waals surface area contributed by atoms with Gasteiger partial charge in [0.05, 0.1) is 19.3 Å². The number of aliphatic hydroxyl groups is 1. The van der Waals surface area contributed by atoms with Crippen molar-refractivity contribution in [2.75, 3.05) is 6.61 Å². The average Bonchev–Trinajstić information content (AvgIpc) is 2.72. The molecule has 0 spiro atoms. The van der Waals surface area contributed by atoms with E-state index in [-0.39, 0.29) is 25.0 Å². The molecule has 0 unspecified atom stereocenters. The number of carbonyl (C=O) groups is 2. The molecule has 0 aromatic heterocycles. The van der Waals surface area contributed by atoms with Crippen LogP contribution >= 0.6 is 0 Å². The summed E-state index contributed by atoms with van der Waals surface area (Å²) in [6, 6.07) is 10.0. The Balaban J connectivity index is 2.79. The van der Waals surface area contributed by atoms with Crippen LogP contribution < -0.4 is 0 Å². The fourth-order valence-corrected chi connectivity index (χ4v) is 3.45. The molecular weight excluding hydrogens is 368 g/mol. The smallest absolute Gasteiger partial charge is 0.345 e. The highest BCUT2D eigenvalue weighted by Crippen LogP contribution is 2.28. The molecule has 5 heteroatoms. The van der Waals surface area contributed by atoms with Gasteiger partial charge in [-0.25, -0.2) is 4.79 Å². The molecule has 0 radical (unpaired) electrons. The molecule has 1 rings (SSSR count). The number of hydrogen-bond donors (Lipinski definition) is 1. The number of Topliss-reactive ketones (excluding diaryl/α,β-unsaturated/α-hetero) is 1. The van der Waals surface area contributed by atoms with Crippen LogP contribution in [-0.4, -0.2) is 35.2 Å². The van der Waals surface area contributed by atoms with Crippen LogP contribution in [0.4, 0.5) is 0 Å². The first-order valence-electron chi connectivity index (χ1n) is 10.8. The topological polar surface area (TPSA) is 72.8 Å². The van der Waals surface area contributed by atoms with Crippen molar-refractivity contribution in [3.63, 3.8) is 0 Å². The van der Waals surface area contributed by atoms with Crippen molar-refractivity contribution in [3.05, 3.63) is 35.9 Å². The Kier molecular flexibility index (Phi) is 11.1. The molecule has 0 saturated carbocycles. The second-order valence-electron chi connectivity index (χ2n) is 8.01. The summed E-state index contributed by atoms with van der Waals surface area (Å²) in [5.41, 5.74) is -0.974. The Bertz CT molecular complexity index is 611. The summed E-state index contributed by atoms with van der Waals surface area (Å²) in [5, 5.41) is 10.3. The standard InChI is InChI=1S/C24H38O5/c1-6-18(4)16-20(14-15-22(25)24(5,27)23(26)28-8-3)21(7-2)29-17-19-12-10-9-11-13-19/h9-13,18,20-21,27H,6-8,14-17H2,1-5H3/t18-,20+,21+,24-/m0/s1. The van der Waals surface area contributed by atoms with Crippen molar-refractivity contribution >= 4 is 11.8 Å². The third-order valence-corrected chi connectivity index (χ3v) is 5.60. The lowest BCUT2D eigenvalue weighted by molar-refractivity contribution is -0.168. The van der Waals surface area contributed by atoms with Crippen LogP contribution in [0.1, 0.15) is 72.3 Å².